The smallest absolute Gasteiger partial charge is 0.306 e. The minimum absolute atomic E-state index is 0.0133. The molecule has 0 amide bonds. The standard InChI is InChI=1S/C18H30O2/c1-2-3-4-5-6-7-8-9-10-11-12-13-14-17-15-16-18(19)20-17/h6-7,9-10,17H,2-5,8,11-16H2,1H3/b7-6-,10-9-/t17-/m0/s1. The number of carbonyl (C=O) groups is 1. The molecule has 2 nitrogen and oxygen atoms in total. The summed E-state index contributed by atoms with van der Waals surface area (Å²) in [4.78, 5) is 10.9. The third-order valence-electron chi connectivity index (χ3n) is 3.70. The van der Waals surface area contributed by atoms with Gasteiger partial charge < -0.3 is 4.74 Å². The van der Waals surface area contributed by atoms with Gasteiger partial charge in [-0.1, -0.05) is 44.1 Å². The van der Waals surface area contributed by atoms with Crippen molar-refractivity contribution in [3.63, 3.8) is 0 Å². The Morgan fingerprint density at radius 2 is 1.75 bits per heavy atom. The zero-order valence-corrected chi connectivity index (χ0v) is 13.0. The maximum atomic E-state index is 10.9. The Balaban J connectivity index is 1.85. The van der Waals surface area contributed by atoms with E-state index in [1.54, 1.807) is 0 Å². The molecule has 0 unspecified atom stereocenters. The van der Waals surface area contributed by atoms with Gasteiger partial charge >= 0.3 is 5.97 Å². The van der Waals surface area contributed by atoms with E-state index in [0.717, 1.165) is 32.1 Å². The number of allylic oxidation sites excluding steroid dienone is 4. The van der Waals surface area contributed by atoms with Crippen molar-refractivity contribution in [1.82, 2.24) is 0 Å². The molecule has 0 bridgehead atoms. The molecule has 0 N–H and O–H groups in total. The average Bonchev–Trinajstić information content (AvgIpc) is 2.86. The normalized spacial score (nSPS) is 19.2. The van der Waals surface area contributed by atoms with E-state index >= 15 is 0 Å². The summed E-state index contributed by atoms with van der Waals surface area (Å²) in [6.45, 7) is 2.24. The Bertz CT molecular complexity index is 305. The van der Waals surface area contributed by atoms with E-state index in [4.69, 9.17) is 4.74 Å². The highest BCUT2D eigenvalue weighted by molar-refractivity contribution is 5.71. The van der Waals surface area contributed by atoms with Gasteiger partial charge in [0.15, 0.2) is 0 Å². The fourth-order valence-corrected chi connectivity index (χ4v) is 2.44. The van der Waals surface area contributed by atoms with Gasteiger partial charge in [-0.2, -0.15) is 0 Å². The van der Waals surface area contributed by atoms with Crippen LogP contribution in [0.2, 0.25) is 0 Å². The highest BCUT2D eigenvalue weighted by atomic mass is 16.5. The number of unbranched alkanes of at least 4 members (excludes halogenated alkanes) is 5. The summed E-state index contributed by atoms with van der Waals surface area (Å²) in [7, 11) is 0. The Morgan fingerprint density at radius 1 is 1.05 bits per heavy atom. The van der Waals surface area contributed by atoms with Gasteiger partial charge in [-0.25, -0.2) is 0 Å². The summed E-state index contributed by atoms with van der Waals surface area (Å²) < 4.78 is 5.20. The minimum Gasteiger partial charge on any atom is -0.462 e. The lowest BCUT2D eigenvalue weighted by Crippen LogP contribution is -2.05. The van der Waals surface area contributed by atoms with E-state index in [-0.39, 0.29) is 12.1 Å². The number of rotatable bonds is 11. The summed E-state index contributed by atoms with van der Waals surface area (Å²) in [6.07, 6.45) is 21.6. The van der Waals surface area contributed by atoms with Crippen LogP contribution in [0.25, 0.3) is 0 Å². The average molecular weight is 278 g/mol. The number of hydrogen-bond donors (Lipinski definition) is 0. The fourth-order valence-electron chi connectivity index (χ4n) is 2.44. The maximum absolute atomic E-state index is 10.9. The van der Waals surface area contributed by atoms with E-state index in [0.29, 0.717) is 6.42 Å². The topological polar surface area (TPSA) is 26.3 Å². The Kier molecular flexibility index (Phi) is 9.99. The molecule has 114 valence electrons. The fraction of sp³-hybridized carbons (Fsp3) is 0.722. The summed E-state index contributed by atoms with van der Waals surface area (Å²) in [5, 5.41) is 0. The SMILES string of the molecule is CCCCC/C=C\C/C=C\CCCC[C@H]1CCC(=O)O1. The third-order valence-corrected chi connectivity index (χ3v) is 3.70. The second kappa shape index (κ2) is 11.7. The van der Waals surface area contributed by atoms with Crippen LogP contribution in [-0.2, 0) is 9.53 Å². The molecule has 1 aliphatic heterocycles. The molecular weight excluding hydrogens is 248 g/mol. The van der Waals surface area contributed by atoms with Crippen molar-refractivity contribution >= 4 is 5.97 Å². The number of esters is 1. The lowest BCUT2D eigenvalue weighted by molar-refractivity contribution is -0.141. The predicted octanol–water partition coefficient (Wildman–Crippen LogP) is 5.34. The molecule has 1 atom stereocenters. The van der Waals surface area contributed by atoms with Gasteiger partial charge in [0.25, 0.3) is 0 Å². The summed E-state index contributed by atoms with van der Waals surface area (Å²) in [5.74, 6) is -0.0133. The number of ether oxygens (including phenoxy) is 1. The van der Waals surface area contributed by atoms with Crippen molar-refractivity contribution in [1.29, 1.82) is 0 Å². The van der Waals surface area contributed by atoms with Gasteiger partial charge in [-0.15, -0.1) is 0 Å². The molecule has 1 fully saturated rings. The highest BCUT2D eigenvalue weighted by Gasteiger charge is 2.22. The first kappa shape index (κ1) is 17.0. The lowest BCUT2D eigenvalue weighted by atomic mass is 10.1. The number of hydrogen-bond acceptors (Lipinski definition) is 2. The zero-order valence-electron chi connectivity index (χ0n) is 13.0. The summed E-state index contributed by atoms with van der Waals surface area (Å²) >= 11 is 0. The Labute approximate surface area is 124 Å². The second-order valence-electron chi connectivity index (χ2n) is 5.61. The molecule has 0 aromatic rings. The first-order valence-corrected chi connectivity index (χ1v) is 8.32. The van der Waals surface area contributed by atoms with E-state index < -0.39 is 0 Å². The van der Waals surface area contributed by atoms with Crippen molar-refractivity contribution < 1.29 is 9.53 Å². The molecule has 2 heteroatoms. The second-order valence-corrected chi connectivity index (χ2v) is 5.61. The summed E-state index contributed by atoms with van der Waals surface area (Å²) in [6, 6.07) is 0. The van der Waals surface area contributed by atoms with Crippen molar-refractivity contribution in [2.75, 3.05) is 0 Å². The quantitative estimate of drug-likeness (QED) is 0.290. The number of cyclic esters (lactones) is 1. The molecule has 1 aliphatic rings. The van der Waals surface area contributed by atoms with Crippen LogP contribution in [0, 0.1) is 0 Å². The van der Waals surface area contributed by atoms with Gasteiger partial charge in [0.1, 0.15) is 6.10 Å². The van der Waals surface area contributed by atoms with Crippen LogP contribution in [0.5, 0.6) is 0 Å². The van der Waals surface area contributed by atoms with Crippen LogP contribution >= 0.6 is 0 Å². The van der Waals surface area contributed by atoms with Gasteiger partial charge in [0, 0.05) is 6.42 Å². The molecule has 0 spiro atoms. The first-order valence-electron chi connectivity index (χ1n) is 8.32. The van der Waals surface area contributed by atoms with Crippen molar-refractivity contribution in [2.45, 2.75) is 83.7 Å². The van der Waals surface area contributed by atoms with Crippen molar-refractivity contribution in [2.24, 2.45) is 0 Å². The van der Waals surface area contributed by atoms with Crippen molar-refractivity contribution in [3.05, 3.63) is 24.3 Å². The summed E-state index contributed by atoms with van der Waals surface area (Å²) in [5.41, 5.74) is 0. The Hall–Kier alpha value is -1.05. The first-order chi connectivity index (χ1) is 9.83. The van der Waals surface area contributed by atoms with E-state index in [9.17, 15) is 4.79 Å². The number of carbonyl (C=O) groups excluding carboxylic acids is 1. The van der Waals surface area contributed by atoms with Gasteiger partial charge in [0.2, 0.25) is 0 Å². The molecule has 0 radical (unpaired) electrons. The zero-order chi connectivity index (χ0) is 14.5. The Morgan fingerprint density at radius 3 is 2.35 bits per heavy atom. The largest absolute Gasteiger partial charge is 0.462 e. The molecule has 1 heterocycles. The van der Waals surface area contributed by atoms with Crippen LogP contribution in [-0.4, -0.2) is 12.1 Å². The minimum atomic E-state index is -0.0133. The lowest BCUT2D eigenvalue weighted by Gasteiger charge is -2.07. The molecule has 0 aliphatic carbocycles. The van der Waals surface area contributed by atoms with Crippen LogP contribution in [0.4, 0.5) is 0 Å². The molecule has 1 saturated heterocycles. The molecule has 20 heavy (non-hydrogen) atoms. The van der Waals surface area contributed by atoms with Gasteiger partial charge in [-0.05, 0) is 51.4 Å². The van der Waals surface area contributed by atoms with Gasteiger partial charge in [0.05, 0.1) is 0 Å². The monoisotopic (exact) mass is 278 g/mol. The molecule has 0 saturated carbocycles. The van der Waals surface area contributed by atoms with Crippen LogP contribution in [0.15, 0.2) is 24.3 Å². The van der Waals surface area contributed by atoms with E-state index in [1.165, 1.54) is 32.1 Å². The maximum Gasteiger partial charge on any atom is 0.306 e. The molecule has 1 rings (SSSR count). The van der Waals surface area contributed by atoms with Gasteiger partial charge in [-0.3, -0.25) is 4.79 Å². The van der Waals surface area contributed by atoms with Crippen LogP contribution in [0.1, 0.15) is 77.6 Å². The molecule has 0 aromatic heterocycles. The van der Waals surface area contributed by atoms with Crippen molar-refractivity contribution in [3.8, 4) is 0 Å². The molecule has 0 aromatic carbocycles. The molecular formula is C18H30O2. The predicted molar refractivity (Wildman–Crippen MR) is 84.6 cm³/mol. The highest BCUT2D eigenvalue weighted by Crippen LogP contribution is 2.19. The van der Waals surface area contributed by atoms with Crippen LogP contribution in [0.3, 0.4) is 0 Å². The van der Waals surface area contributed by atoms with Crippen LogP contribution < -0.4 is 0 Å². The van der Waals surface area contributed by atoms with E-state index in [2.05, 4.69) is 31.2 Å². The van der Waals surface area contributed by atoms with E-state index in [1.807, 2.05) is 0 Å². The third kappa shape index (κ3) is 8.95.